The average Bonchev–Trinajstić information content (AvgIpc) is 3.18. The molecule has 0 fully saturated rings. The number of para-hydroxylation sites is 1. The highest BCUT2D eigenvalue weighted by atomic mass is 19.2. The third-order valence-corrected chi connectivity index (χ3v) is 8.70. The van der Waals surface area contributed by atoms with E-state index in [2.05, 4.69) is 12.1 Å². The molecule has 0 aliphatic heterocycles. The summed E-state index contributed by atoms with van der Waals surface area (Å²) in [5.74, 6) is -10.5. The van der Waals surface area contributed by atoms with Gasteiger partial charge in [0.1, 0.15) is 0 Å². The third-order valence-electron chi connectivity index (χ3n) is 8.70. The molecule has 2 heterocycles. The lowest BCUT2D eigenvalue weighted by atomic mass is 9.90. The van der Waals surface area contributed by atoms with Crippen molar-refractivity contribution in [2.24, 2.45) is 0 Å². The first-order valence-electron chi connectivity index (χ1n) is 15.4. The highest BCUT2D eigenvalue weighted by Gasteiger charge is 2.30. The van der Waals surface area contributed by atoms with Crippen molar-refractivity contribution in [3.8, 4) is 57.0 Å². The van der Waals surface area contributed by atoms with Gasteiger partial charge in [0.2, 0.25) is 5.82 Å². The van der Waals surface area contributed by atoms with Crippen LogP contribution in [0.2, 0.25) is 0 Å². The summed E-state index contributed by atoms with van der Waals surface area (Å²) < 4.78 is 75.7. The van der Waals surface area contributed by atoms with E-state index in [-0.39, 0.29) is 27.7 Å². The van der Waals surface area contributed by atoms with Gasteiger partial charge in [0.25, 0.3) is 0 Å². The van der Waals surface area contributed by atoms with Gasteiger partial charge in [0, 0.05) is 38.4 Å². The monoisotopic (exact) mass is 675 g/mol. The van der Waals surface area contributed by atoms with Crippen LogP contribution in [0.5, 0.6) is 0 Å². The number of rotatable bonds is 4. The van der Waals surface area contributed by atoms with Gasteiger partial charge in [-0.2, -0.15) is 10.5 Å². The summed E-state index contributed by atoms with van der Waals surface area (Å²) >= 11 is 0. The fourth-order valence-corrected chi connectivity index (χ4v) is 6.31. The van der Waals surface area contributed by atoms with Crippen molar-refractivity contribution in [3.63, 3.8) is 0 Å². The molecule has 2 aromatic heterocycles. The van der Waals surface area contributed by atoms with E-state index in [0.717, 1.165) is 0 Å². The van der Waals surface area contributed by atoms with Crippen molar-refractivity contribution in [2.75, 3.05) is 0 Å². The molecular weight excluding hydrogens is 657 g/mol. The quantitative estimate of drug-likeness (QED) is 0.0802. The van der Waals surface area contributed by atoms with E-state index in [9.17, 15) is 23.7 Å². The number of aromatic nitrogens is 3. The molecule has 0 radical (unpaired) electrons. The molecule has 0 amide bonds. The molecule has 5 nitrogen and oxygen atoms in total. The molecule has 6 aromatic carbocycles. The molecular formula is C41H18F5N5. The second-order valence-corrected chi connectivity index (χ2v) is 11.6. The summed E-state index contributed by atoms with van der Waals surface area (Å²) in [6.07, 6.45) is 0. The Bertz CT molecular complexity index is 2780. The Hall–Kier alpha value is -7.04. The van der Waals surface area contributed by atoms with E-state index in [4.69, 9.17) is 15.0 Å². The molecule has 8 rings (SSSR count). The van der Waals surface area contributed by atoms with E-state index >= 15 is 8.78 Å². The Morgan fingerprint density at radius 1 is 0.451 bits per heavy atom. The highest BCUT2D eigenvalue weighted by Crippen LogP contribution is 2.45. The van der Waals surface area contributed by atoms with Crippen molar-refractivity contribution in [2.45, 2.75) is 0 Å². The maximum absolute atomic E-state index is 15.8. The Morgan fingerprint density at radius 3 is 1.53 bits per heavy atom. The van der Waals surface area contributed by atoms with Crippen LogP contribution in [0.25, 0.3) is 77.6 Å². The van der Waals surface area contributed by atoms with Gasteiger partial charge in [-0.25, -0.2) is 36.9 Å². The summed E-state index contributed by atoms with van der Waals surface area (Å²) in [5, 5.41) is 19.8. The summed E-state index contributed by atoms with van der Waals surface area (Å²) in [5.41, 5.74) is 2.73. The minimum absolute atomic E-state index is 0.0913. The second kappa shape index (κ2) is 12.1. The lowest BCUT2D eigenvalue weighted by Gasteiger charge is -2.19. The zero-order valence-corrected chi connectivity index (χ0v) is 26.0. The molecule has 0 saturated carbocycles. The summed E-state index contributed by atoms with van der Waals surface area (Å²) in [6.45, 7) is 0. The lowest BCUT2D eigenvalue weighted by Crippen LogP contribution is -2.06. The maximum Gasteiger partial charge on any atom is 0.200 e. The number of pyridine rings is 1. The summed E-state index contributed by atoms with van der Waals surface area (Å²) in [6, 6.07) is 34.3. The zero-order valence-electron chi connectivity index (χ0n) is 26.0. The lowest BCUT2D eigenvalue weighted by molar-refractivity contribution is 0.381. The number of benzene rings is 6. The molecule has 242 valence electrons. The highest BCUT2D eigenvalue weighted by molar-refractivity contribution is 6.25. The molecule has 0 saturated heterocycles. The first-order chi connectivity index (χ1) is 24.8. The number of hydrogen-bond acceptors (Lipinski definition) is 5. The SMILES string of the molecule is N#Cc1ccc(-c2nc3cc(-c4c(F)c(F)c(F)c(F)c4F)c4c(-c5ccccc5)nc5ccccc5c4c3nc2-c2ccc(C#N)cc2)cc1. The molecule has 0 aliphatic carbocycles. The van der Waals surface area contributed by atoms with Crippen molar-refractivity contribution in [1.29, 1.82) is 10.5 Å². The molecule has 0 spiro atoms. The Kier molecular flexibility index (Phi) is 7.43. The van der Waals surface area contributed by atoms with Gasteiger partial charge in [0.15, 0.2) is 23.3 Å². The van der Waals surface area contributed by atoms with Crippen LogP contribution >= 0.6 is 0 Å². The number of halogens is 5. The van der Waals surface area contributed by atoms with Gasteiger partial charge >= 0.3 is 0 Å². The van der Waals surface area contributed by atoms with Crippen molar-refractivity contribution < 1.29 is 22.0 Å². The van der Waals surface area contributed by atoms with Crippen LogP contribution in [-0.2, 0) is 0 Å². The van der Waals surface area contributed by atoms with Crippen LogP contribution in [0.4, 0.5) is 22.0 Å². The number of fused-ring (bicyclic) bond motifs is 5. The molecule has 0 bridgehead atoms. The molecule has 10 heteroatoms. The fourth-order valence-electron chi connectivity index (χ4n) is 6.31. The molecule has 51 heavy (non-hydrogen) atoms. The smallest absolute Gasteiger partial charge is 0.200 e. The molecule has 0 unspecified atom stereocenters. The van der Waals surface area contributed by atoms with Gasteiger partial charge in [-0.1, -0.05) is 72.8 Å². The number of hydrogen-bond donors (Lipinski definition) is 0. The normalized spacial score (nSPS) is 11.2. The van der Waals surface area contributed by atoms with Crippen LogP contribution in [0.1, 0.15) is 11.1 Å². The number of nitrogens with zero attached hydrogens (tertiary/aromatic N) is 5. The Morgan fingerprint density at radius 2 is 0.941 bits per heavy atom. The standard InChI is InChI=1S/C41H18F5N5/c42-33-32(34(43)36(45)37(46)35(33)44)27-18-29-41(30-26-8-4-5-9-28(26)49-38(31(27)30)23-6-2-1-3-7-23)51-40(25-16-12-22(20-48)13-17-25)39(50-29)24-14-10-21(19-47)11-15-24/h1-18H. The molecule has 0 N–H and O–H groups in total. The first-order valence-corrected chi connectivity index (χ1v) is 15.4. The van der Waals surface area contributed by atoms with Crippen molar-refractivity contribution in [3.05, 3.63) is 149 Å². The maximum atomic E-state index is 15.8. The first kappa shape index (κ1) is 31.2. The minimum atomic E-state index is -2.28. The van der Waals surface area contributed by atoms with E-state index in [0.29, 0.717) is 55.5 Å². The van der Waals surface area contributed by atoms with Crippen LogP contribution in [0.3, 0.4) is 0 Å². The van der Waals surface area contributed by atoms with E-state index in [1.807, 2.05) is 0 Å². The largest absolute Gasteiger partial charge is 0.247 e. The Labute approximate surface area is 286 Å². The Balaban J connectivity index is 1.62. The predicted octanol–water partition coefficient (Wildman–Crippen LogP) is 10.4. The van der Waals surface area contributed by atoms with E-state index < -0.39 is 34.6 Å². The van der Waals surface area contributed by atoms with Gasteiger partial charge in [-0.05, 0) is 36.4 Å². The van der Waals surface area contributed by atoms with Gasteiger partial charge in [0.05, 0.1) is 62.5 Å². The number of nitriles is 2. The minimum Gasteiger partial charge on any atom is -0.247 e. The average molecular weight is 676 g/mol. The summed E-state index contributed by atoms with van der Waals surface area (Å²) in [7, 11) is 0. The second-order valence-electron chi connectivity index (χ2n) is 11.6. The third kappa shape index (κ3) is 5.01. The predicted molar refractivity (Wildman–Crippen MR) is 183 cm³/mol. The van der Waals surface area contributed by atoms with Gasteiger partial charge in [-0.3, -0.25) is 0 Å². The van der Waals surface area contributed by atoms with E-state index in [1.165, 1.54) is 6.07 Å². The van der Waals surface area contributed by atoms with Gasteiger partial charge < -0.3 is 0 Å². The van der Waals surface area contributed by atoms with Crippen LogP contribution < -0.4 is 0 Å². The topological polar surface area (TPSA) is 86.2 Å². The van der Waals surface area contributed by atoms with Crippen LogP contribution in [-0.4, -0.2) is 15.0 Å². The van der Waals surface area contributed by atoms with E-state index in [1.54, 1.807) is 103 Å². The van der Waals surface area contributed by atoms with Crippen molar-refractivity contribution >= 4 is 32.7 Å². The molecule has 0 atom stereocenters. The molecule has 0 aliphatic rings. The fraction of sp³-hybridized carbons (Fsp3) is 0. The zero-order chi connectivity index (χ0) is 35.4. The van der Waals surface area contributed by atoms with Gasteiger partial charge in [-0.15, -0.1) is 0 Å². The van der Waals surface area contributed by atoms with Crippen molar-refractivity contribution in [1.82, 2.24) is 15.0 Å². The van der Waals surface area contributed by atoms with Crippen LogP contribution in [0.15, 0.2) is 109 Å². The van der Waals surface area contributed by atoms with Crippen LogP contribution in [0, 0.1) is 51.7 Å². The summed E-state index contributed by atoms with van der Waals surface area (Å²) in [4.78, 5) is 14.9. The molecule has 8 aromatic rings.